The van der Waals surface area contributed by atoms with Gasteiger partial charge < -0.3 is 21.1 Å². The smallest absolute Gasteiger partial charge is 1.00 e. The van der Waals surface area contributed by atoms with Gasteiger partial charge >= 0.3 is 37.4 Å². The fourth-order valence-electron chi connectivity index (χ4n) is 0.278. The molecule has 0 amide bonds. The molecule has 7 heteroatoms. The second kappa shape index (κ2) is 7.06. The summed E-state index contributed by atoms with van der Waals surface area (Å²) in [6.45, 7) is 0. The van der Waals surface area contributed by atoms with Crippen molar-refractivity contribution in [1.29, 1.82) is 0 Å². The van der Waals surface area contributed by atoms with E-state index in [2.05, 4.69) is 4.98 Å². The van der Waals surface area contributed by atoms with Crippen molar-refractivity contribution in [2.75, 3.05) is 0 Å². The average molecular weight is 189 g/mol. The Hall–Kier alpha value is 0.390. The van der Waals surface area contributed by atoms with Crippen LogP contribution in [0.4, 0.5) is 0 Å². The fourth-order valence-corrected chi connectivity index (χ4v) is 0.278. The third-order valence-corrected chi connectivity index (χ3v) is 0.496. The van der Waals surface area contributed by atoms with Gasteiger partial charge in [-0.2, -0.15) is 0 Å². The summed E-state index contributed by atoms with van der Waals surface area (Å²) in [4.78, 5) is 24.4. The maximum Gasteiger partial charge on any atom is 1.00 e. The summed E-state index contributed by atoms with van der Waals surface area (Å²) in [6, 6.07) is 3.89. The van der Waals surface area contributed by atoms with Gasteiger partial charge in [0.05, 0.1) is 0 Å². The Labute approximate surface area is 87.5 Å². The van der Waals surface area contributed by atoms with Gasteiger partial charge in [0.1, 0.15) is 0 Å². The van der Waals surface area contributed by atoms with Crippen LogP contribution in [0.25, 0.3) is 0 Å². The zero-order valence-electron chi connectivity index (χ0n) is 7.01. The second-order valence-electron chi connectivity index (χ2n) is 1.40. The van der Waals surface area contributed by atoms with Crippen LogP contribution in [0.1, 0.15) is 1.43 Å². The summed E-state index contributed by atoms with van der Waals surface area (Å²) in [5.74, 6) is 0. The molecule has 1 aromatic heterocycles. The molecular formula is C4H9NNaO4P. The zero-order chi connectivity index (χ0) is 8.04. The Morgan fingerprint density at radius 2 is 1.45 bits per heavy atom. The molecule has 0 aliphatic rings. The first-order valence-electron chi connectivity index (χ1n) is 2.36. The molecule has 60 valence electrons. The van der Waals surface area contributed by atoms with Crippen LogP contribution in [-0.4, -0.2) is 19.7 Å². The van der Waals surface area contributed by atoms with Crippen molar-refractivity contribution in [3.8, 4) is 0 Å². The van der Waals surface area contributed by atoms with E-state index < -0.39 is 7.82 Å². The van der Waals surface area contributed by atoms with Crippen LogP contribution >= 0.6 is 7.82 Å². The molecule has 0 aliphatic heterocycles. The molecule has 0 fully saturated rings. The van der Waals surface area contributed by atoms with E-state index in [9.17, 15) is 0 Å². The molecule has 0 atom stereocenters. The molecule has 0 bridgehead atoms. The molecule has 0 aliphatic carbocycles. The van der Waals surface area contributed by atoms with Crippen LogP contribution < -0.4 is 29.6 Å². The molecule has 4 N–H and O–H groups in total. The molecule has 1 heterocycles. The quantitative estimate of drug-likeness (QED) is 0.262. The summed E-state index contributed by atoms with van der Waals surface area (Å²) in [6.07, 6.45) is 3.75. The maximum absolute atomic E-state index is 8.88. The summed E-state index contributed by atoms with van der Waals surface area (Å²) < 4.78 is 8.88. The van der Waals surface area contributed by atoms with Gasteiger partial charge in [0.25, 0.3) is 0 Å². The number of rotatable bonds is 0. The summed E-state index contributed by atoms with van der Waals surface area (Å²) >= 11 is 0. The molecule has 0 spiro atoms. The van der Waals surface area contributed by atoms with E-state index >= 15 is 0 Å². The SMILES string of the molecule is O=P(O)(O)O.[H-].[Na+].c1cc[nH]c1. The maximum atomic E-state index is 8.88. The van der Waals surface area contributed by atoms with Gasteiger partial charge in [-0.25, -0.2) is 4.57 Å². The van der Waals surface area contributed by atoms with Crippen molar-refractivity contribution in [2.24, 2.45) is 0 Å². The first-order chi connectivity index (χ1) is 4.50. The summed E-state index contributed by atoms with van der Waals surface area (Å²) in [5, 5.41) is 0. The number of phosphoric acid groups is 1. The van der Waals surface area contributed by atoms with Crippen LogP contribution in [0.3, 0.4) is 0 Å². The standard InChI is InChI=1S/C4H5N.Na.H3O4P.H/c1-2-4-5-3-1;;1-5(2,3)4;/h1-5H;;(H3,1,2,3,4);/q;+1;;-1. The number of hydrogen-bond donors (Lipinski definition) is 4. The second-order valence-corrected chi connectivity index (χ2v) is 2.42. The molecule has 5 nitrogen and oxygen atoms in total. The van der Waals surface area contributed by atoms with Crippen molar-refractivity contribution in [2.45, 2.75) is 0 Å². The van der Waals surface area contributed by atoms with Crippen molar-refractivity contribution >= 4 is 7.82 Å². The predicted octanol–water partition coefficient (Wildman–Crippen LogP) is -2.80. The molecule has 11 heavy (non-hydrogen) atoms. The number of hydrogen-bond acceptors (Lipinski definition) is 1. The molecule has 0 aromatic carbocycles. The van der Waals surface area contributed by atoms with Crippen molar-refractivity contribution in [1.82, 2.24) is 4.98 Å². The zero-order valence-corrected chi connectivity index (χ0v) is 8.90. The van der Waals surface area contributed by atoms with Crippen molar-refractivity contribution in [3.63, 3.8) is 0 Å². The summed E-state index contributed by atoms with van der Waals surface area (Å²) in [7, 11) is -4.64. The van der Waals surface area contributed by atoms with E-state index in [0.717, 1.165) is 0 Å². The first kappa shape index (κ1) is 13.9. The van der Waals surface area contributed by atoms with E-state index in [-0.39, 0.29) is 31.0 Å². The van der Waals surface area contributed by atoms with Crippen LogP contribution in [0, 0.1) is 0 Å². The number of nitrogens with one attached hydrogen (secondary N) is 1. The predicted molar refractivity (Wildman–Crippen MR) is 36.2 cm³/mol. The third kappa shape index (κ3) is 25.2. The van der Waals surface area contributed by atoms with Crippen LogP contribution in [0.15, 0.2) is 24.5 Å². The van der Waals surface area contributed by atoms with Crippen LogP contribution in [0.2, 0.25) is 0 Å². The minimum absolute atomic E-state index is 0. The monoisotopic (exact) mass is 189 g/mol. The topological polar surface area (TPSA) is 93.6 Å². The normalized spacial score (nSPS) is 9.00. The van der Waals surface area contributed by atoms with Gasteiger partial charge in [-0.05, 0) is 12.1 Å². The molecule has 0 unspecified atom stereocenters. The van der Waals surface area contributed by atoms with Crippen molar-refractivity contribution < 1.29 is 50.2 Å². The van der Waals surface area contributed by atoms with Gasteiger partial charge in [0.15, 0.2) is 0 Å². The van der Waals surface area contributed by atoms with Gasteiger partial charge in [0, 0.05) is 12.4 Å². The number of H-pyrrole nitrogens is 1. The average Bonchev–Trinajstić information content (AvgIpc) is 2.07. The summed E-state index contributed by atoms with van der Waals surface area (Å²) in [5.41, 5.74) is 0. The largest absolute Gasteiger partial charge is 1.00 e. The fraction of sp³-hybridized carbons (Fsp3) is 0. The Morgan fingerprint density at radius 1 is 1.18 bits per heavy atom. The van der Waals surface area contributed by atoms with Gasteiger partial charge in [-0.15, -0.1) is 0 Å². The minimum Gasteiger partial charge on any atom is -1.00 e. The van der Waals surface area contributed by atoms with Gasteiger partial charge in [-0.1, -0.05) is 0 Å². The molecule has 1 aromatic rings. The minimum atomic E-state index is -4.64. The van der Waals surface area contributed by atoms with Crippen molar-refractivity contribution in [3.05, 3.63) is 24.5 Å². The van der Waals surface area contributed by atoms with E-state index in [1.54, 1.807) is 0 Å². The van der Waals surface area contributed by atoms with E-state index in [4.69, 9.17) is 19.2 Å². The molecule has 0 saturated carbocycles. The third-order valence-electron chi connectivity index (χ3n) is 0.496. The van der Waals surface area contributed by atoms with E-state index in [1.165, 1.54) is 0 Å². The Balaban J connectivity index is -0.000000116. The van der Waals surface area contributed by atoms with Gasteiger partial charge in [-0.3, -0.25) is 0 Å². The Morgan fingerprint density at radius 3 is 1.55 bits per heavy atom. The molecule has 0 radical (unpaired) electrons. The van der Waals surface area contributed by atoms with Crippen LogP contribution in [-0.2, 0) is 4.57 Å². The first-order valence-corrected chi connectivity index (χ1v) is 3.93. The van der Waals surface area contributed by atoms with Gasteiger partial charge in [0.2, 0.25) is 0 Å². The van der Waals surface area contributed by atoms with E-state index in [0.29, 0.717) is 0 Å². The molecule has 1 rings (SSSR count). The molecular weight excluding hydrogens is 180 g/mol. The Bertz CT molecular complexity index is 175. The Kier molecular flexibility index (Phi) is 8.95. The molecule has 0 saturated heterocycles. The number of aromatic amines is 1. The van der Waals surface area contributed by atoms with E-state index in [1.807, 2.05) is 24.5 Å². The van der Waals surface area contributed by atoms with Crippen LogP contribution in [0.5, 0.6) is 0 Å². The number of aromatic nitrogens is 1.